The number of nitrogens with one attached hydrogen (secondary N) is 1. The number of carbonyl (C=O) groups is 2. The molecule has 0 aliphatic carbocycles. The van der Waals surface area contributed by atoms with E-state index >= 15 is 0 Å². The number of thioether (sulfide) groups is 1. The third-order valence-corrected chi connectivity index (χ3v) is 5.32. The van der Waals surface area contributed by atoms with Crippen molar-refractivity contribution in [1.29, 1.82) is 0 Å². The normalized spacial score (nSPS) is 10.7. The maximum atomic E-state index is 12.3. The van der Waals surface area contributed by atoms with Crippen LogP contribution in [0.25, 0.3) is 10.8 Å². The molecule has 2 amide bonds. The standard InChI is InChI=1S/C18H17N3O2S2/c19-16(22)11-24-9-14-10-25-18(20-14)21-17(23)8-13-6-3-5-12-4-1-2-7-15(12)13/h1-7,10H,8-9,11H2,(H2,19,22)(H,20,21,23). The number of nitrogens with two attached hydrogens (primary N) is 1. The van der Waals surface area contributed by atoms with Crippen LogP contribution in [0.3, 0.4) is 0 Å². The van der Waals surface area contributed by atoms with Crippen LogP contribution >= 0.6 is 23.1 Å². The summed E-state index contributed by atoms with van der Waals surface area (Å²) in [5.74, 6) is 0.421. The van der Waals surface area contributed by atoms with Crippen LogP contribution < -0.4 is 11.1 Å². The first kappa shape index (κ1) is 17.4. The van der Waals surface area contributed by atoms with Gasteiger partial charge in [-0.25, -0.2) is 4.98 Å². The van der Waals surface area contributed by atoms with E-state index in [1.807, 2.05) is 47.8 Å². The number of benzene rings is 2. The Balaban J connectivity index is 1.61. The molecule has 2 aromatic carbocycles. The predicted octanol–water partition coefficient (Wildman–Crippen LogP) is 3.20. The van der Waals surface area contributed by atoms with Gasteiger partial charge in [0.25, 0.3) is 0 Å². The van der Waals surface area contributed by atoms with Crippen LogP contribution in [-0.2, 0) is 21.8 Å². The summed E-state index contributed by atoms with van der Waals surface area (Å²) in [5, 5.41) is 7.50. The van der Waals surface area contributed by atoms with Gasteiger partial charge < -0.3 is 11.1 Å². The predicted molar refractivity (Wildman–Crippen MR) is 104 cm³/mol. The Labute approximate surface area is 153 Å². The van der Waals surface area contributed by atoms with Gasteiger partial charge in [0.2, 0.25) is 11.8 Å². The number of primary amides is 1. The second-order valence-electron chi connectivity index (χ2n) is 5.47. The highest BCUT2D eigenvalue weighted by molar-refractivity contribution is 7.99. The summed E-state index contributed by atoms with van der Waals surface area (Å²) in [6, 6.07) is 14.0. The van der Waals surface area contributed by atoms with Crippen LogP contribution in [0.15, 0.2) is 47.8 Å². The molecule has 128 valence electrons. The van der Waals surface area contributed by atoms with Crippen molar-refractivity contribution >= 4 is 50.8 Å². The van der Waals surface area contributed by atoms with E-state index in [0.29, 0.717) is 17.3 Å². The summed E-state index contributed by atoms with van der Waals surface area (Å²) in [7, 11) is 0. The fourth-order valence-electron chi connectivity index (χ4n) is 2.47. The van der Waals surface area contributed by atoms with E-state index < -0.39 is 0 Å². The average Bonchev–Trinajstić information content (AvgIpc) is 3.02. The van der Waals surface area contributed by atoms with Crippen molar-refractivity contribution in [2.24, 2.45) is 5.73 Å². The van der Waals surface area contributed by atoms with E-state index in [-0.39, 0.29) is 17.6 Å². The molecule has 0 atom stereocenters. The fraction of sp³-hybridized carbons (Fsp3) is 0.167. The lowest BCUT2D eigenvalue weighted by atomic mass is 10.0. The molecule has 0 radical (unpaired) electrons. The molecule has 1 heterocycles. The number of hydrogen-bond acceptors (Lipinski definition) is 5. The van der Waals surface area contributed by atoms with E-state index in [9.17, 15) is 9.59 Å². The van der Waals surface area contributed by atoms with Crippen molar-refractivity contribution in [3.8, 4) is 0 Å². The average molecular weight is 371 g/mol. The minimum atomic E-state index is -0.344. The minimum Gasteiger partial charge on any atom is -0.369 e. The van der Waals surface area contributed by atoms with Gasteiger partial charge in [0.15, 0.2) is 5.13 Å². The summed E-state index contributed by atoms with van der Waals surface area (Å²) in [4.78, 5) is 27.4. The fourth-order valence-corrected chi connectivity index (χ4v) is 3.96. The number of hydrogen-bond donors (Lipinski definition) is 2. The Kier molecular flexibility index (Phi) is 5.67. The number of rotatable bonds is 7. The molecular formula is C18H17N3O2S2. The highest BCUT2D eigenvalue weighted by Crippen LogP contribution is 2.21. The van der Waals surface area contributed by atoms with E-state index in [0.717, 1.165) is 22.0 Å². The zero-order valence-corrected chi connectivity index (χ0v) is 15.0. The lowest BCUT2D eigenvalue weighted by Gasteiger charge is -2.06. The highest BCUT2D eigenvalue weighted by atomic mass is 32.2. The molecule has 5 nitrogen and oxygen atoms in total. The molecule has 3 rings (SSSR count). The Bertz CT molecular complexity index is 903. The van der Waals surface area contributed by atoms with Gasteiger partial charge in [-0.1, -0.05) is 42.5 Å². The number of fused-ring (bicyclic) bond motifs is 1. The van der Waals surface area contributed by atoms with Crippen LogP contribution in [0.1, 0.15) is 11.3 Å². The minimum absolute atomic E-state index is 0.0953. The number of thiazole rings is 1. The van der Waals surface area contributed by atoms with Gasteiger partial charge in [-0.2, -0.15) is 0 Å². The van der Waals surface area contributed by atoms with Crippen molar-refractivity contribution in [3.63, 3.8) is 0 Å². The Hall–Kier alpha value is -2.38. The Morgan fingerprint density at radius 2 is 1.96 bits per heavy atom. The molecule has 0 spiro atoms. The Morgan fingerprint density at radius 3 is 2.80 bits per heavy atom. The first-order valence-corrected chi connectivity index (χ1v) is 9.72. The maximum Gasteiger partial charge on any atom is 0.230 e. The number of carbonyl (C=O) groups excluding carboxylic acids is 2. The topological polar surface area (TPSA) is 85.1 Å². The van der Waals surface area contributed by atoms with E-state index in [4.69, 9.17) is 5.73 Å². The lowest BCUT2D eigenvalue weighted by Crippen LogP contribution is -2.14. The maximum absolute atomic E-state index is 12.3. The largest absolute Gasteiger partial charge is 0.369 e. The van der Waals surface area contributed by atoms with E-state index in [1.54, 1.807) is 0 Å². The SMILES string of the molecule is NC(=O)CSCc1csc(NC(=O)Cc2cccc3ccccc23)n1. The smallest absolute Gasteiger partial charge is 0.230 e. The van der Waals surface area contributed by atoms with Crippen LogP contribution in [0.4, 0.5) is 5.13 Å². The second kappa shape index (κ2) is 8.13. The van der Waals surface area contributed by atoms with E-state index in [1.165, 1.54) is 23.1 Å². The Morgan fingerprint density at radius 1 is 1.16 bits per heavy atom. The van der Waals surface area contributed by atoms with Gasteiger partial charge in [0.1, 0.15) is 0 Å². The van der Waals surface area contributed by atoms with Crippen molar-refractivity contribution in [2.45, 2.75) is 12.2 Å². The molecule has 25 heavy (non-hydrogen) atoms. The molecule has 0 saturated heterocycles. The van der Waals surface area contributed by atoms with Crippen molar-refractivity contribution < 1.29 is 9.59 Å². The molecule has 0 saturated carbocycles. The van der Waals surface area contributed by atoms with Crippen LogP contribution in [0.5, 0.6) is 0 Å². The lowest BCUT2D eigenvalue weighted by molar-refractivity contribution is -0.116. The van der Waals surface area contributed by atoms with Gasteiger partial charge in [-0.3, -0.25) is 9.59 Å². The van der Waals surface area contributed by atoms with Gasteiger partial charge >= 0.3 is 0 Å². The number of amides is 2. The first-order valence-electron chi connectivity index (χ1n) is 7.69. The quantitative estimate of drug-likeness (QED) is 0.668. The summed E-state index contributed by atoms with van der Waals surface area (Å²) in [6.07, 6.45) is 0.298. The first-order chi connectivity index (χ1) is 12.1. The molecule has 3 N–H and O–H groups in total. The molecular weight excluding hydrogens is 354 g/mol. The second-order valence-corrected chi connectivity index (χ2v) is 7.31. The zero-order chi connectivity index (χ0) is 17.6. The molecule has 3 aromatic rings. The van der Waals surface area contributed by atoms with Gasteiger partial charge in [-0.05, 0) is 16.3 Å². The van der Waals surface area contributed by atoms with Crippen molar-refractivity contribution in [1.82, 2.24) is 4.98 Å². The molecule has 0 fully saturated rings. The monoisotopic (exact) mass is 371 g/mol. The number of nitrogens with zero attached hydrogens (tertiary/aromatic N) is 1. The molecule has 0 bridgehead atoms. The van der Waals surface area contributed by atoms with Crippen molar-refractivity contribution in [2.75, 3.05) is 11.1 Å². The van der Waals surface area contributed by atoms with Crippen LogP contribution in [-0.4, -0.2) is 22.6 Å². The molecule has 0 unspecified atom stereocenters. The van der Waals surface area contributed by atoms with E-state index in [2.05, 4.69) is 10.3 Å². The van der Waals surface area contributed by atoms with Crippen LogP contribution in [0, 0.1) is 0 Å². The summed E-state index contributed by atoms with van der Waals surface area (Å²) >= 11 is 2.79. The highest BCUT2D eigenvalue weighted by Gasteiger charge is 2.10. The van der Waals surface area contributed by atoms with Crippen LogP contribution in [0.2, 0.25) is 0 Å². The third kappa shape index (κ3) is 4.80. The molecule has 0 aliphatic rings. The summed E-state index contributed by atoms with van der Waals surface area (Å²) in [5.41, 5.74) is 6.93. The molecule has 1 aromatic heterocycles. The van der Waals surface area contributed by atoms with Gasteiger partial charge in [-0.15, -0.1) is 23.1 Å². The summed E-state index contributed by atoms with van der Waals surface area (Å²) in [6.45, 7) is 0. The van der Waals surface area contributed by atoms with Gasteiger partial charge in [0.05, 0.1) is 17.9 Å². The number of anilines is 1. The number of aromatic nitrogens is 1. The molecule has 0 aliphatic heterocycles. The summed E-state index contributed by atoms with van der Waals surface area (Å²) < 4.78 is 0. The third-order valence-electron chi connectivity index (χ3n) is 3.52. The van der Waals surface area contributed by atoms with Gasteiger partial charge in [0, 0.05) is 11.1 Å². The van der Waals surface area contributed by atoms with Crippen molar-refractivity contribution in [3.05, 3.63) is 59.1 Å². The zero-order valence-electron chi connectivity index (χ0n) is 13.4. The molecule has 7 heteroatoms.